The molecule has 6 nitrogen and oxygen atoms in total. The lowest BCUT2D eigenvalue weighted by atomic mass is 10.1. The summed E-state index contributed by atoms with van der Waals surface area (Å²) < 4.78 is 0. The Bertz CT molecular complexity index is 617. The quantitative estimate of drug-likeness (QED) is 0.867. The Kier molecular flexibility index (Phi) is 6.25. The zero-order valence-electron chi connectivity index (χ0n) is 15.9. The minimum absolute atomic E-state index is 0.127. The number of nitrogens with one attached hydrogen (secondary N) is 1. The lowest BCUT2D eigenvalue weighted by Gasteiger charge is -2.37. The molecule has 0 unspecified atom stereocenters. The minimum Gasteiger partial charge on any atom is -0.352 e. The monoisotopic (exact) mass is 358 g/mol. The highest BCUT2D eigenvalue weighted by Gasteiger charge is 2.29. The third kappa shape index (κ3) is 4.81. The average molecular weight is 358 g/mol. The van der Waals surface area contributed by atoms with Crippen LogP contribution in [0.15, 0.2) is 18.3 Å². The van der Waals surface area contributed by atoms with Gasteiger partial charge in [-0.15, -0.1) is 0 Å². The van der Waals surface area contributed by atoms with E-state index in [2.05, 4.69) is 15.2 Å². The van der Waals surface area contributed by atoms with Gasteiger partial charge in [-0.1, -0.05) is 18.9 Å². The van der Waals surface area contributed by atoms with Crippen molar-refractivity contribution >= 4 is 11.8 Å². The molecular weight excluding hydrogens is 328 g/mol. The van der Waals surface area contributed by atoms with Crippen molar-refractivity contribution in [3.63, 3.8) is 0 Å². The van der Waals surface area contributed by atoms with Gasteiger partial charge < -0.3 is 10.2 Å². The molecule has 1 saturated carbocycles. The summed E-state index contributed by atoms with van der Waals surface area (Å²) in [5.74, 6) is 0.265. The molecule has 142 valence electrons. The molecule has 0 bridgehead atoms. The van der Waals surface area contributed by atoms with Crippen LogP contribution in [0.3, 0.4) is 0 Å². The Balaban J connectivity index is 1.44. The van der Waals surface area contributed by atoms with Crippen molar-refractivity contribution in [3.8, 4) is 0 Å². The van der Waals surface area contributed by atoms with E-state index in [-0.39, 0.29) is 17.9 Å². The Labute approximate surface area is 156 Å². The van der Waals surface area contributed by atoms with Gasteiger partial charge in [0, 0.05) is 44.1 Å². The standard InChI is InChI=1S/C20H30N4O2/c1-15-7-8-17(14-21-15)13-19(25)24-11-9-23(10-12-24)16(2)20(26)22-18-5-3-4-6-18/h7-8,14,16,18H,3-6,9-13H2,1-2H3,(H,22,26)/t16-/m1/s1. The van der Waals surface area contributed by atoms with E-state index in [1.165, 1.54) is 12.8 Å². The van der Waals surface area contributed by atoms with Crippen LogP contribution in [-0.4, -0.2) is 64.9 Å². The van der Waals surface area contributed by atoms with Crippen molar-refractivity contribution in [3.05, 3.63) is 29.6 Å². The first-order valence-electron chi connectivity index (χ1n) is 9.76. The van der Waals surface area contributed by atoms with Gasteiger partial charge in [0.2, 0.25) is 11.8 Å². The van der Waals surface area contributed by atoms with Gasteiger partial charge in [0.15, 0.2) is 0 Å². The van der Waals surface area contributed by atoms with Crippen LogP contribution in [0.5, 0.6) is 0 Å². The van der Waals surface area contributed by atoms with Gasteiger partial charge in [0.25, 0.3) is 0 Å². The summed E-state index contributed by atoms with van der Waals surface area (Å²) in [4.78, 5) is 33.3. The largest absolute Gasteiger partial charge is 0.352 e. The van der Waals surface area contributed by atoms with Crippen LogP contribution >= 0.6 is 0 Å². The molecule has 3 rings (SSSR count). The lowest BCUT2D eigenvalue weighted by Crippen LogP contribution is -2.55. The van der Waals surface area contributed by atoms with Crippen LogP contribution in [0, 0.1) is 6.92 Å². The Morgan fingerprint density at radius 1 is 1.19 bits per heavy atom. The summed E-state index contributed by atoms with van der Waals surface area (Å²) in [7, 11) is 0. The number of aromatic nitrogens is 1. The smallest absolute Gasteiger partial charge is 0.237 e. The highest BCUT2D eigenvalue weighted by atomic mass is 16.2. The molecule has 2 fully saturated rings. The molecule has 1 saturated heterocycles. The molecule has 2 heterocycles. The normalized spacial score (nSPS) is 20.2. The minimum atomic E-state index is -0.130. The molecule has 26 heavy (non-hydrogen) atoms. The van der Waals surface area contributed by atoms with Crippen molar-refractivity contribution in [2.45, 2.75) is 58.0 Å². The van der Waals surface area contributed by atoms with E-state index < -0.39 is 0 Å². The third-order valence-corrected chi connectivity index (χ3v) is 5.62. The first-order chi connectivity index (χ1) is 12.5. The van der Waals surface area contributed by atoms with Crippen LogP contribution < -0.4 is 5.32 Å². The van der Waals surface area contributed by atoms with E-state index in [1.807, 2.05) is 30.9 Å². The molecule has 1 aromatic heterocycles. The van der Waals surface area contributed by atoms with E-state index in [1.54, 1.807) is 6.20 Å². The number of pyridine rings is 1. The van der Waals surface area contributed by atoms with E-state index >= 15 is 0 Å². The summed E-state index contributed by atoms with van der Waals surface area (Å²) in [5, 5.41) is 3.18. The van der Waals surface area contributed by atoms with Gasteiger partial charge in [-0.2, -0.15) is 0 Å². The molecule has 6 heteroatoms. The zero-order chi connectivity index (χ0) is 18.5. The summed E-state index contributed by atoms with van der Waals surface area (Å²) >= 11 is 0. The highest BCUT2D eigenvalue weighted by Crippen LogP contribution is 2.18. The fourth-order valence-electron chi connectivity index (χ4n) is 3.81. The van der Waals surface area contributed by atoms with E-state index in [0.29, 0.717) is 25.6 Å². The van der Waals surface area contributed by atoms with Gasteiger partial charge >= 0.3 is 0 Å². The number of hydrogen-bond donors (Lipinski definition) is 1. The fourth-order valence-corrected chi connectivity index (χ4v) is 3.81. The molecule has 2 amide bonds. The van der Waals surface area contributed by atoms with Gasteiger partial charge in [0.1, 0.15) is 0 Å². The number of carbonyl (C=O) groups excluding carboxylic acids is 2. The zero-order valence-corrected chi connectivity index (χ0v) is 15.9. The van der Waals surface area contributed by atoms with Gasteiger partial charge in [-0.3, -0.25) is 19.5 Å². The molecule has 0 spiro atoms. The van der Waals surface area contributed by atoms with Crippen molar-refractivity contribution in [1.82, 2.24) is 20.1 Å². The Morgan fingerprint density at radius 2 is 1.88 bits per heavy atom. The number of piperazine rings is 1. The van der Waals surface area contributed by atoms with Crippen molar-refractivity contribution in [2.24, 2.45) is 0 Å². The number of aryl methyl sites for hydroxylation is 1. The van der Waals surface area contributed by atoms with Crippen LogP contribution in [0.4, 0.5) is 0 Å². The number of rotatable bonds is 5. The maximum Gasteiger partial charge on any atom is 0.237 e. The van der Waals surface area contributed by atoms with Gasteiger partial charge in [-0.25, -0.2) is 0 Å². The molecule has 0 aromatic carbocycles. The number of carbonyl (C=O) groups is 2. The summed E-state index contributed by atoms with van der Waals surface area (Å²) in [6.45, 7) is 6.77. The number of nitrogens with zero attached hydrogens (tertiary/aromatic N) is 3. The van der Waals surface area contributed by atoms with Crippen LogP contribution in [-0.2, 0) is 16.0 Å². The molecule has 1 aliphatic heterocycles. The average Bonchev–Trinajstić information content (AvgIpc) is 3.16. The molecule has 1 N–H and O–H groups in total. The van der Waals surface area contributed by atoms with E-state index in [4.69, 9.17) is 0 Å². The van der Waals surface area contributed by atoms with Crippen LogP contribution in [0.2, 0.25) is 0 Å². The molecule has 1 aromatic rings. The first kappa shape index (κ1) is 18.8. The molecular formula is C20H30N4O2. The Morgan fingerprint density at radius 3 is 2.50 bits per heavy atom. The molecule has 2 aliphatic rings. The fraction of sp³-hybridized carbons (Fsp3) is 0.650. The lowest BCUT2D eigenvalue weighted by molar-refractivity contribution is -0.133. The van der Waals surface area contributed by atoms with Crippen molar-refractivity contribution in [2.75, 3.05) is 26.2 Å². The highest BCUT2D eigenvalue weighted by molar-refractivity contribution is 5.82. The third-order valence-electron chi connectivity index (χ3n) is 5.62. The van der Waals surface area contributed by atoms with Crippen LogP contribution in [0.25, 0.3) is 0 Å². The van der Waals surface area contributed by atoms with E-state index in [0.717, 1.165) is 37.2 Å². The summed E-state index contributed by atoms with van der Waals surface area (Å²) in [5.41, 5.74) is 1.91. The van der Waals surface area contributed by atoms with E-state index in [9.17, 15) is 9.59 Å². The predicted molar refractivity (Wildman–Crippen MR) is 101 cm³/mol. The maximum absolute atomic E-state index is 12.5. The van der Waals surface area contributed by atoms with Crippen LogP contribution in [0.1, 0.15) is 43.9 Å². The molecule has 1 atom stereocenters. The first-order valence-corrected chi connectivity index (χ1v) is 9.76. The van der Waals surface area contributed by atoms with Crippen molar-refractivity contribution in [1.29, 1.82) is 0 Å². The maximum atomic E-state index is 12.5. The second-order valence-corrected chi connectivity index (χ2v) is 7.57. The summed E-state index contributed by atoms with van der Waals surface area (Å²) in [6, 6.07) is 4.13. The summed E-state index contributed by atoms with van der Waals surface area (Å²) in [6.07, 6.45) is 6.82. The van der Waals surface area contributed by atoms with Gasteiger partial charge in [-0.05, 0) is 38.3 Å². The Hall–Kier alpha value is -1.95. The van der Waals surface area contributed by atoms with Gasteiger partial charge in [0.05, 0.1) is 12.5 Å². The number of hydrogen-bond acceptors (Lipinski definition) is 4. The second kappa shape index (κ2) is 8.62. The molecule has 0 radical (unpaired) electrons. The SMILES string of the molecule is Cc1ccc(CC(=O)N2CCN([C@H](C)C(=O)NC3CCCC3)CC2)cn1. The molecule has 1 aliphatic carbocycles. The topological polar surface area (TPSA) is 65.5 Å². The predicted octanol–water partition coefficient (Wildman–Crippen LogP) is 1.52. The second-order valence-electron chi connectivity index (χ2n) is 7.57. The number of amides is 2. The van der Waals surface area contributed by atoms with Crippen molar-refractivity contribution < 1.29 is 9.59 Å².